The molecule has 0 atom stereocenters. The molecule has 2 aromatic rings. The van der Waals surface area contributed by atoms with E-state index >= 15 is 0 Å². The molecule has 1 aromatic heterocycles. The molecule has 0 saturated heterocycles. The Morgan fingerprint density at radius 1 is 1.04 bits per heavy atom. The first-order valence-electron chi connectivity index (χ1n) is 9.48. The van der Waals surface area contributed by atoms with Gasteiger partial charge in [0, 0.05) is 12.2 Å². The number of rotatable bonds is 9. The molecular weight excluding hydrogens is 342 g/mol. The number of ether oxygens (including phenoxy) is 2. The first kappa shape index (κ1) is 18.9. The summed E-state index contributed by atoms with van der Waals surface area (Å²) >= 11 is 0. The van der Waals surface area contributed by atoms with E-state index in [1.165, 1.54) is 31.3 Å². The zero-order valence-electron chi connectivity index (χ0n) is 16.0. The normalized spacial score (nSPS) is 13.6. The number of nitrogens with zero attached hydrogens (tertiary/aromatic N) is 3. The van der Waals surface area contributed by atoms with Crippen LogP contribution in [0.2, 0.25) is 0 Å². The van der Waals surface area contributed by atoms with Crippen molar-refractivity contribution in [1.82, 2.24) is 15.0 Å². The lowest BCUT2D eigenvalue weighted by Gasteiger charge is -2.13. The quantitative estimate of drug-likeness (QED) is 0.637. The van der Waals surface area contributed by atoms with Crippen molar-refractivity contribution in [2.45, 2.75) is 39.0 Å². The van der Waals surface area contributed by atoms with Gasteiger partial charge in [-0.05, 0) is 63.3 Å². The maximum atomic E-state index is 5.46. The van der Waals surface area contributed by atoms with E-state index in [9.17, 15) is 0 Å². The van der Waals surface area contributed by atoms with E-state index in [0.717, 1.165) is 24.4 Å². The highest BCUT2D eigenvalue weighted by molar-refractivity contribution is 5.55. The van der Waals surface area contributed by atoms with Crippen molar-refractivity contribution in [1.29, 1.82) is 0 Å². The van der Waals surface area contributed by atoms with Crippen LogP contribution in [0.1, 0.15) is 39.0 Å². The van der Waals surface area contributed by atoms with Gasteiger partial charge in [-0.2, -0.15) is 15.0 Å². The number of hydrogen-bond acceptors (Lipinski definition) is 7. The molecule has 1 aliphatic rings. The van der Waals surface area contributed by atoms with E-state index in [0.29, 0.717) is 18.5 Å². The predicted molar refractivity (Wildman–Crippen MR) is 107 cm³/mol. The number of anilines is 3. The number of hydrogen-bond donors (Lipinski definition) is 2. The average molecular weight is 369 g/mol. The molecular formula is C20H27N5O2. The lowest BCUT2D eigenvalue weighted by molar-refractivity contribution is 0.340. The Labute approximate surface area is 160 Å². The van der Waals surface area contributed by atoms with Gasteiger partial charge >= 0.3 is 6.01 Å². The molecule has 144 valence electrons. The Kier molecular flexibility index (Phi) is 6.84. The molecule has 0 saturated carbocycles. The fraction of sp³-hybridized carbons (Fsp3) is 0.450. The van der Waals surface area contributed by atoms with Crippen LogP contribution in [0.3, 0.4) is 0 Å². The van der Waals surface area contributed by atoms with Gasteiger partial charge in [0.15, 0.2) is 0 Å². The van der Waals surface area contributed by atoms with Crippen LogP contribution < -0.4 is 20.1 Å². The molecule has 0 aliphatic heterocycles. The number of aromatic nitrogens is 3. The van der Waals surface area contributed by atoms with E-state index < -0.39 is 0 Å². The topological polar surface area (TPSA) is 81.2 Å². The molecule has 0 unspecified atom stereocenters. The van der Waals surface area contributed by atoms with Gasteiger partial charge in [-0.3, -0.25) is 0 Å². The van der Waals surface area contributed by atoms with E-state index in [1.54, 1.807) is 7.11 Å². The SMILES string of the molecule is CCOc1ccc(Nc2nc(NCCC3=CCCCC3)nc(OC)n2)cc1. The van der Waals surface area contributed by atoms with Gasteiger partial charge in [-0.15, -0.1) is 0 Å². The minimum atomic E-state index is 0.276. The van der Waals surface area contributed by atoms with Crippen molar-refractivity contribution in [3.8, 4) is 11.8 Å². The van der Waals surface area contributed by atoms with Crippen LogP contribution in [0, 0.1) is 0 Å². The minimum Gasteiger partial charge on any atom is -0.494 e. The van der Waals surface area contributed by atoms with Gasteiger partial charge in [-0.25, -0.2) is 0 Å². The Balaban J connectivity index is 1.62. The van der Waals surface area contributed by atoms with E-state index in [4.69, 9.17) is 9.47 Å². The number of nitrogens with one attached hydrogen (secondary N) is 2. The Bertz CT molecular complexity index is 761. The number of methoxy groups -OCH3 is 1. The summed E-state index contributed by atoms with van der Waals surface area (Å²) in [7, 11) is 1.55. The fourth-order valence-corrected chi connectivity index (χ4v) is 2.98. The molecule has 1 aromatic carbocycles. The summed E-state index contributed by atoms with van der Waals surface area (Å²) in [5, 5.41) is 6.45. The molecule has 0 spiro atoms. The second-order valence-corrected chi connectivity index (χ2v) is 6.34. The maximum Gasteiger partial charge on any atom is 0.322 e. The summed E-state index contributed by atoms with van der Waals surface area (Å²) in [4.78, 5) is 13.0. The van der Waals surface area contributed by atoms with Gasteiger partial charge in [0.25, 0.3) is 0 Å². The van der Waals surface area contributed by atoms with Gasteiger partial charge in [0.2, 0.25) is 11.9 Å². The van der Waals surface area contributed by atoms with Crippen LogP contribution in [0.5, 0.6) is 11.8 Å². The summed E-state index contributed by atoms with van der Waals surface area (Å²) in [6.45, 7) is 3.40. The molecule has 2 N–H and O–H groups in total. The molecule has 7 heteroatoms. The molecule has 1 heterocycles. The van der Waals surface area contributed by atoms with Crippen LogP contribution in [0.25, 0.3) is 0 Å². The summed E-state index contributed by atoms with van der Waals surface area (Å²) in [5.41, 5.74) is 2.38. The van der Waals surface area contributed by atoms with E-state index in [-0.39, 0.29) is 6.01 Å². The van der Waals surface area contributed by atoms with Crippen LogP contribution >= 0.6 is 0 Å². The Morgan fingerprint density at radius 2 is 1.85 bits per heavy atom. The molecule has 27 heavy (non-hydrogen) atoms. The first-order valence-corrected chi connectivity index (χ1v) is 9.48. The van der Waals surface area contributed by atoms with Gasteiger partial charge in [0.05, 0.1) is 13.7 Å². The zero-order chi connectivity index (χ0) is 18.9. The molecule has 7 nitrogen and oxygen atoms in total. The lowest BCUT2D eigenvalue weighted by atomic mass is 9.97. The van der Waals surface area contributed by atoms with Crippen LogP contribution in [-0.2, 0) is 0 Å². The molecule has 1 aliphatic carbocycles. The highest BCUT2D eigenvalue weighted by Crippen LogP contribution is 2.21. The van der Waals surface area contributed by atoms with Crippen molar-refractivity contribution in [2.24, 2.45) is 0 Å². The smallest absolute Gasteiger partial charge is 0.322 e. The summed E-state index contributed by atoms with van der Waals surface area (Å²) < 4.78 is 10.7. The number of allylic oxidation sites excluding steroid dienone is 1. The molecule has 0 fully saturated rings. The highest BCUT2D eigenvalue weighted by Gasteiger charge is 2.08. The lowest BCUT2D eigenvalue weighted by Crippen LogP contribution is -2.10. The molecule has 0 bridgehead atoms. The maximum absolute atomic E-state index is 5.46. The Morgan fingerprint density at radius 3 is 2.56 bits per heavy atom. The zero-order valence-corrected chi connectivity index (χ0v) is 16.0. The van der Waals surface area contributed by atoms with E-state index in [2.05, 4.69) is 31.7 Å². The fourth-order valence-electron chi connectivity index (χ4n) is 2.98. The average Bonchev–Trinajstić information content (AvgIpc) is 2.70. The summed E-state index contributed by atoms with van der Waals surface area (Å²) in [6.07, 6.45) is 8.37. The van der Waals surface area contributed by atoms with Gasteiger partial charge < -0.3 is 20.1 Å². The minimum absolute atomic E-state index is 0.276. The second kappa shape index (κ2) is 9.75. The molecule has 0 amide bonds. The van der Waals surface area contributed by atoms with Crippen LogP contribution in [0.15, 0.2) is 35.9 Å². The standard InChI is InChI=1S/C20H27N5O2/c1-3-27-17-11-9-16(10-12-17)22-19-23-18(24-20(25-19)26-2)21-14-13-15-7-5-4-6-8-15/h7,9-12H,3-6,8,13-14H2,1-2H3,(H2,21,22,23,24,25). The number of benzene rings is 1. The monoisotopic (exact) mass is 369 g/mol. The largest absolute Gasteiger partial charge is 0.494 e. The van der Waals surface area contributed by atoms with Crippen molar-refractivity contribution >= 4 is 17.6 Å². The van der Waals surface area contributed by atoms with Crippen molar-refractivity contribution in [2.75, 3.05) is 30.9 Å². The van der Waals surface area contributed by atoms with Crippen molar-refractivity contribution < 1.29 is 9.47 Å². The third-order valence-corrected chi connectivity index (χ3v) is 4.33. The van der Waals surface area contributed by atoms with Gasteiger partial charge in [-0.1, -0.05) is 11.6 Å². The molecule has 3 rings (SSSR count). The first-order chi connectivity index (χ1) is 13.3. The van der Waals surface area contributed by atoms with Crippen LogP contribution in [0.4, 0.5) is 17.6 Å². The summed E-state index contributed by atoms with van der Waals surface area (Å²) in [5.74, 6) is 1.77. The summed E-state index contributed by atoms with van der Waals surface area (Å²) in [6, 6.07) is 7.93. The second-order valence-electron chi connectivity index (χ2n) is 6.34. The van der Waals surface area contributed by atoms with Crippen molar-refractivity contribution in [3.05, 3.63) is 35.9 Å². The third kappa shape index (κ3) is 5.84. The Hall–Kier alpha value is -2.83. The third-order valence-electron chi connectivity index (χ3n) is 4.33. The molecule has 0 radical (unpaired) electrons. The van der Waals surface area contributed by atoms with Crippen molar-refractivity contribution in [3.63, 3.8) is 0 Å². The van der Waals surface area contributed by atoms with E-state index in [1.807, 2.05) is 31.2 Å². The van der Waals surface area contributed by atoms with Crippen LogP contribution in [-0.4, -0.2) is 35.2 Å². The highest BCUT2D eigenvalue weighted by atomic mass is 16.5. The van der Waals surface area contributed by atoms with Gasteiger partial charge in [0.1, 0.15) is 5.75 Å². The predicted octanol–water partition coefficient (Wildman–Crippen LogP) is 4.32.